The van der Waals surface area contributed by atoms with Gasteiger partial charge < -0.3 is 15.0 Å². The summed E-state index contributed by atoms with van der Waals surface area (Å²) in [7, 11) is 4.11. The van der Waals surface area contributed by atoms with Crippen molar-refractivity contribution >= 4 is 5.69 Å². The van der Waals surface area contributed by atoms with Crippen LogP contribution in [0.3, 0.4) is 0 Å². The van der Waals surface area contributed by atoms with Gasteiger partial charge in [0.05, 0.1) is 12.7 Å². The van der Waals surface area contributed by atoms with Crippen molar-refractivity contribution in [3.63, 3.8) is 0 Å². The van der Waals surface area contributed by atoms with E-state index in [2.05, 4.69) is 48.6 Å². The molecular weight excluding hydrogens is 188 g/mol. The Hall–Kier alpha value is -1.06. The van der Waals surface area contributed by atoms with Gasteiger partial charge in [0.1, 0.15) is 0 Å². The molecule has 1 heterocycles. The van der Waals surface area contributed by atoms with Crippen molar-refractivity contribution in [1.29, 1.82) is 0 Å². The van der Waals surface area contributed by atoms with Gasteiger partial charge in [0.15, 0.2) is 0 Å². The van der Waals surface area contributed by atoms with Gasteiger partial charge in [0.25, 0.3) is 0 Å². The second-order valence-electron chi connectivity index (χ2n) is 4.05. The minimum absolute atomic E-state index is 0.207. The number of nitrogens with one attached hydrogen (secondary N) is 1. The molecule has 82 valence electrons. The fraction of sp³-hybridized carbons (Fsp3) is 0.500. The number of benzene rings is 1. The molecule has 0 spiro atoms. The summed E-state index contributed by atoms with van der Waals surface area (Å²) in [6.07, 6.45) is 0.207. The fourth-order valence-electron chi connectivity index (χ4n) is 1.78. The number of nitrogens with zero attached hydrogens (tertiary/aromatic N) is 1. The minimum atomic E-state index is 0.207. The molecule has 1 fully saturated rings. The Morgan fingerprint density at radius 2 is 2.27 bits per heavy atom. The number of anilines is 1. The number of hydrogen-bond donors (Lipinski definition) is 1. The van der Waals surface area contributed by atoms with Crippen LogP contribution in [0.15, 0.2) is 24.3 Å². The maximum atomic E-state index is 5.72. The summed E-state index contributed by atoms with van der Waals surface area (Å²) in [5, 5.41) is 3.34. The highest BCUT2D eigenvalue weighted by molar-refractivity contribution is 5.47. The van der Waals surface area contributed by atoms with Crippen LogP contribution < -0.4 is 10.2 Å². The van der Waals surface area contributed by atoms with Crippen molar-refractivity contribution in [3.05, 3.63) is 29.8 Å². The molecule has 0 amide bonds. The second kappa shape index (κ2) is 4.64. The third-order valence-corrected chi connectivity index (χ3v) is 2.69. The lowest BCUT2D eigenvalue weighted by Crippen LogP contribution is -2.33. The van der Waals surface area contributed by atoms with Gasteiger partial charge in [-0.05, 0) is 17.7 Å². The van der Waals surface area contributed by atoms with Gasteiger partial charge in [-0.2, -0.15) is 0 Å². The second-order valence-corrected chi connectivity index (χ2v) is 4.05. The van der Waals surface area contributed by atoms with Gasteiger partial charge >= 0.3 is 0 Å². The molecule has 3 nitrogen and oxygen atoms in total. The molecule has 1 saturated heterocycles. The third-order valence-electron chi connectivity index (χ3n) is 2.69. The summed E-state index contributed by atoms with van der Waals surface area (Å²) in [6, 6.07) is 8.52. The lowest BCUT2D eigenvalue weighted by Gasteiger charge is -2.25. The smallest absolute Gasteiger partial charge is 0.0950 e. The van der Waals surface area contributed by atoms with Crippen molar-refractivity contribution < 1.29 is 4.74 Å². The lowest BCUT2D eigenvalue weighted by molar-refractivity contribution is 0.0277. The number of ether oxygens (including phenoxy) is 1. The summed E-state index contributed by atoms with van der Waals surface area (Å²) < 4.78 is 5.72. The first kappa shape index (κ1) is 10.5. The zero-order chi connectivity index (χ0) is 10.7. The predicted molar refractivity (Wildman–Crippen MR) is 62.3 cm³/mol. The summed E-state index contributed by atoms with van der Waals surface area (Å²) in [5.74, 6) is 0. The average Bonchev–Trinajstić information content (AvgIpc) is 2.30. The molecule has 1 N–H and O–H groups in total. The van der Waals surface area contributed by atoms with Crippen molar-refractivity contribution in [3.8, 4) is 0 Å². The molecule has 1 aliphatic heterocycles. The molecule has 0 aromatic heterocycles. The van der Waals surface area contributed by atoms with E-state index < -0.39 is 0 Å². The predicted octanol–water partition coefficient (Wildman–Crippen LogP) is 1.41. The number of rotatable bonds is 2. The highest BCUT2D eigenvalue weighted by Crippen LogP contribution is 2.22. The molecule has 1 unspecified atom stereocenters. The van der Waals surface area contributed by atoms with Gasteiger partial charge in [-0.3, -0.25) is 0 Å². The summed E-state index contributed by atoms with van der Waals surface area (Å²) in [6.45, 7) is 2.68. The maximum absolute atomic E-state index is 5.72. The summed E-state index contributed by atoms with van der Waals surface area (Å²) in [5.41, 5.74) is 2.48. The molecule has 0 radical (unpaired) electrons. The van der Waals surface area contributed by atoms with Gasteiger partial charge in [-0.1, -0.05) is 12.1 Å². The molecular formula is C12H18N2O. The highest BCUT2D eigenvalue weighted by Gasteiger charge is 2.15. The first-order valence-electron chi connectivity index (χ1n) is 5.37. The van der Waals surface area contributed by atoms with E-state index in [1.54, 1.807) is 0 Å². The van der Waals surface area contributed by atoms with Crippen LogP contribution in [0.25, 0.3) is 0 Å². The van der Waals surface area contributed by atoms with Crippen LogP contribution in [0.1, 0.15) is 11.7 Å². The molecule has 0 aliphatic carbocycles. The Morgan fingerprint density at radius 3 is 2.93 bits per heavy atom. The van der Waals surface area contributed by atoms with E-state index in [0.717, 1.165) is 19.7 Å². The molecule has 3 heteroatoms. The minimum Gasteiger partial charge on any atom is -0.378 e. The number of hydrogen-bond acceptors (Lipinski definition) is 3. The Bertz CT molecular complexity index is 319. The van der Waals surface area contributed by atoms with E-state index >= 15 is 0 Å². The van der Waals surface area contributed by atoms with Crippen LogP contribution in [0, 0.1) is 0 Å². The summed E-state index contributed by atoms with van der Waals surface area (Å²) in [4.78, 5) is 2.11. The zero-order valence-corrected chi connectivity index (χ0v) is 9.36. The molecule has 1 aromatic carbocycles. The van der Waals surface area contributed by atoms with Crippen LogP contribution >= 0.6 is 0 Å². The Balaban J connectivity index is 2.16. The lowest BCUT2D eigenvalue weighted by atomic mass is 10.1. The molecule has 0 bridgehead atoms. The van der Waals surface area contributed by atoms with E-state index in [1.807, 2.05) is 0 Å². The standard InChI is InChI=1S/C12H18N2O/c1-14(2)11-5-3-4-10(8-11)12-9-13-6-7-15-12/h3-5,8,12-13H,6-7,9H2,1-2H3. The van der Waals surface area contributed by atoms with E-state index in [9.17, 15) is 0 Å². The van der Waals surface area contributed by atoms with Gasteiger partial charge in [-0.15, -0.1) is 0 Å². The maximum Gasteiger partial charge on any atom is 0.0950 e. The topological polar surface area (TPSA) is 24.5 Å². The quantitative estimate of drug-likeness (QED) is 0.792. The Labute approximate surface area is 91.0 Å². The molecule has 1 aliphatic rings. The van der Waals surface area contributed by atoms with Crippen molar-refractivity contribution in [2.45, 2.75) is 6.10 Å². The van der Waals surface area contributed by atoms with Gasteiger partial charge in [-0.25, -0.2) is 0 Å². The summed E-state index contributed by atoms with van der Waals surface area (Å²) >= 11 is 0. The molecule has 1 atom stereocenters. The van der Waals surface area contributed by atoms with Crippen molar-refractivity contribution in [2.24, 2.45) is 0 Å². The normalized spacial score (nSPS) is 21.3. The van der Waals surface area contributed by atoms with E-state index in [-0.39, 0.29) is 6.10 Å². The van der Waals surface area contributed by atoms with Crippen LogP contribution in [-0.2, 0) is 4.74 Å². The molecule has 1 aromatic rings. The Kier molecular flexibility index (Phi) is 3.23. The van der Waals surface area contributed by atoms with Gasteiger partial charge in [0.2, 0.25) is 0 Å². The van der Waals surface area contributed by atoms with Crippen molar-refractivity contribution in [1.82, 2.24) is 5.32 Å². The number of morpholine rings is 1. The SMILES string of the molecule is CN(C)c1cccc(C2CNCCO2)c1. The molecule has 15 heavy (non-hydrogen) atoms. The molecule has 2 rings (SSSR count). The average molecular weight is 206 g/mol. The van der Waals surface area contributed by atoms with E-state index in [4.69, 9.17) is 4.74 Å². The highest BCUT2D eigenvalue weighted by atomic mass is 16.5. The Morgan fingerprint density at radius 1 is 1.40 bits per heavy atom. The molecule has 0 saturated carbocycles. The first-order chi connectivity index (χ1) is 7.27. The third kappa shape index (κ3) is 2.49. The van der Waals surface area contributed by atoms with Crippen LogP contribution in [0.5, 0.6) is 0 Å². The van der Waals surface area contributed by atoms with Crippen LogP contribution in [-0.4, -0.2) is 33.8 Å². The van der Waals surface area contributed by atoms with E-state index in [0.29, 0.717) is 0 Å². The monoisotopic (exact) mass is 206 g/mol. The fourth-order valence-corrected chi connectivity index (χ4v) is 1.78. The largest absolute Gasteiger partial charge is 0.378 e. The van der Waals surface area contributed by atoms with Crippen LogP contribution in [0.4, 0.5) is 5.69 Å². The van der Waals surface area contributed by atoms with Crippen molar-refractivity contribution in [2.75, 3.05) is 38.7 Å². The first-order valence-corrected chi connectivity index (χ1v) is 5.37. The zero-order valence-electron chi connectivity index (χ0n) is 9.36. The van der Waals surface area contributed by atoms with Gasteiger partial charge in [0, 0.05) is 32.9 Å². The van der Waals surface area contributed by atoms with Crippen LogP contribution in [0.2, 0.25) is 0 Å². The van der Waals surface area contributed by atoms with E-state index in [1.165, 1.54) is 11.3 Å².